The normalized spacial score (nSPS) is 21.5. The van der Waals surface area contributed by atoms with Crippen LogP contribution in [0.5, 0.6) is 0 Å². The van der Waals surface area contributed by atoms with Crippen LogP contribution in [0.4, 0.5) is 15.9 Å². The van der Waals surface area contributed by atoms with Crippen molar-refractivity contribution in [3.63, 3.8) is 0 Å². The minimum atomic E-state index is -1.19. The molecule has 2 saturated heterocycles. The van der Waals surface area contributed by atoms with E-state index in [0.29, 0.717) is 25.2 Å². The van der Waals surface area contributed by atoms with Gasteiger partial charge in [-0.05, 0) is 40.0 Å². The van der Waals surface area contributed by atoms with E-state index < -0.39 is 34.9 Å². The van der Waals surface area contributed by atoms with E-state index in [0.717, 1.165) is 0 Å². The molecule has 3 heterocycles. The van der Waals surface area contributed by atoms with Crippen molar-refractivity contribution in [2.45, 2.75) is 70.1 Å². The van der Waals surface area contributed by atoms with Gasteiger partial charge in [0, 0.05) is 25.6 Å². The molecule has 0 saturated carbocycles. The number of esters is 1. The van der Waals surface area contributed by atoms with Gasteiger partial charge in [-0.25, -0.2) is 9.37 Å². The number of carbonyl (C=O) groups excluding carboxylic acids is 3. The Labute approximate surface area is 180 Å². The summed E-state index contributed by atoms with van der Waals surface area (Å²) in [4.78, 5) is 41.0. The van der Waals surface area contributed by atoms with Crippen LogP contribution in [0.3, 0.4) is 0 Å². The number of pyridine rings is 1. The van der Waals surface area contributed by atoms with Crippen molar-refractivity contribution in [1.82, 2.24) is 10.3 Å². The molecule has 2 aliphatic heterocycles. The van der Waals surface area contributed by atoms with Crippen LogP contribution in [0.25, 0.3) is 0 Å². The molecule has 170 valence electrons. The van der Waals surface area contributed by atoms with E-state index in [1.165, 1.54) is 12.3 Å². The first-order valence-electron chi connectivity index (χ1n) is 10.4. The van der Waals surface area contributed by atoms with Gasteiger partial charge in [-0.15, -0.1) is 0 Å². The van der Waals surface area contributed by atoms with Crippen molar-refractivity contribution in [3.8, 4) is 0 Å². The molecule has 0 aromatic carbocycles. The van der Waals surface area contributed by atoms with Crippen LogP contribution in [0.1, 0.15) is 52.9 Å². The smallest absolute Gasteiger partial charge is 0.309 e. The molecule has 2 fully saturated rings. The third-order valence-corrected chi connectivity index (χ3v) is 5.29. The average molecular weight is 436 g/mol. The number of nitrogens with one attached hydrogen (secondary N) is 2. The predicted octanol–water partition coefficient (Wildman–Crippen LogP) is 1.50. The van der Waals surface area contributed by atoms with E-state index in [9.17, 15) is 23.9 Å². The van der Waals surface area contributed by atoms with Crippen LogP contribution in [0.15, 0.2) is 12.3 Å². The first kappa shape index (κ1) is 22.9. The fraction of sp³-hybridized carbons (Fsp3) is 0.619. The lowest BCUT2D eigenvalue weighted by Crippen LogP contribution is -2.47. The van der Waals surface area contributed by atoms with Gasteiger partial charge in [0.15, 0.2) is 11.6 Å². The molecule has 0 unspecified atom stereocenters. The molecule has 0 radical (unpaired) electrons. The average Bonchev–Trinajstić information content (AvgIpc) is 2.63. The maximum atomic E-state index is 14.7. The summed E-state index contributed by atoms with van der Waals surface area (Å²) in [5.74, 6) is -1.64. The van der Waals surface area contributed by atoms with E-state index in [1.54, 1.807) is 25.7 Å². The molecule has 1 aromatic heterocycles. The lowest BCUT2D eigenvalue weighted by molar-refractivity contribution is -0.161. The van der Waals surface area contributed by atoms with E-state index in [1.807, 2.05) is 0 Å². The molecule has 1 atom stereocenters. The number of rotatable bonds is 5. The number of nitrogens with zero attached hydrogens (tertiary/aromatic N) is 2. The highest BCUT2D eigenvalue weighted by Gasteiger charge is 2.37. The standard InChI is InChI=1S/C21H29FN4O5/c1-20(2,3)31-17(28)11-21(30)6-8-26(9-7-21)18-14(22)10-13(12-23-18)24-15-4-5-16(27)25-19(15)29/h10,12,15,24,30H,4-9,11H2,1-3H3,(H,25,27,29)/t15-/m1/s1. The highest BCUT2D eigenvalue weighted by Crippen LogP contribution is 2.31. The minimum Gasteiger partial charge on any atom is -0.460 e. The van der Waals surface area contributed by atoms with E-state index in [4.69, 9.17) is 4.74 Å². The minimum absolute atomic E-state index is 0.108. The van der Waals surface area contributed by atoms with Crippen molar-refractivity contribution < 1.29 is 28.6 Å². The molecule has 0 aliphatic carbocycles. The van der Waals surface area contributed by atoms with E-state index >= 15 is 0 Å². The Morgan fingerprint density at radius 1 is 1.39 bits per heavy atom. The van der Waals surface area contributed by atoms with Gasteiger partial charge in [0.05, 0.1) is 23.9 Å². The third-order valence-electron chi connectivity index (χ3n) is 5.29. The summed E-state index contributed by atoms with van der Waals surface area (Å²) >= 11 is 0. The number of imide groups is 1. The molecule has 10 heteroatoms. The number of piperidine rings is 2. The molecular formula is C21H29FN4O5. The van der Waals surface area contributed by atoms with Crippen molar-refractivity contribution in [2.24, 2.45) is 0 Å². The Hall–Kier alpha value is -2.75. The van der Waals surface area contributed by atoms with Crippen LogP contribution in [-0.2, 0) is 19.1 Å². The SMILES string of the molecule is CC(C)(C)OC(=O)CC1(O)CCN(c2ncc(N[C@@H]3CCC(=O)NC3=O)cc2F)CC1. The molecule has 3 rings (SSSR count). The Morgan fingerprint density at radius 2 is 2.06 bits per heavy atom. The zero-order chi connectivity index (χ0) is 22.8. The zero-order valence-electron chi connectivity index (χ0n) is 18.0. The summed E-state index contributed by atoms with van der Waals surface area (Å²) in [6, 6.07) is 0.635. The van der Waals surface area contributed by atoms with Gasteiger partial charge in [0.1, 0.15) is 11.6 Å². The molecule has 2 amide bonds. The van der Waals surface area contributed by atoms with E-state index in [-0.39, 0.29) is 37.4 Å². The van der Waals surface area contributed by atoms with Gasteiger partial charge < -0.3 is 20.1 Å². The maximum Gasteiger partial charge on any atom is 0.309 e. The molecule has 0 spiro atoms. The number of aliphatic hydroxyl groups is 1. The number of carbonyl (C=O) groups is 3. The highest BCUT2D eigenvalue weighted by atomic mass is 19.1. The van der Waals surface area contributed by atoms with Gasteiger partial charge >= 0.3 is 5.97 Å². The molecule has 1 aromatic rings. The lowest BCUT2D eigenvalue weighted by Gasteiger charge is -2.38. The summed E-state index contributed by atoms with van der Waals surface area (Å²) in [7, 11) is 0. The highest BCUT2D eigenvalue weighted by molar-refractivity contribution is 6.01. The van der Waals surface area contributed by atoms with Crippen molar-refractivity contribution in [2.75, 3.05) is 23.3 Å². The first-order chi connectivity index (χ1) is 14.4. The Bertz CT molecular complexity index is 862. The van der Waals surface area contributed by atoms with Gasteiger partial charge in [0.2, 0.25) is 11.8 Å². The Morgan fingerprint density at radius 3 is 2.65 bits per heavy atom. The molecule has 2 aliphatic rings. The van der Waals surface area contributed by atoms with Crippen LogP contribution >= 0.6 is 0 Å². The second kappa shape index (κ2) is 8.78. The summed E-state index contributed by atoms with van der Waals surface area (Å²) in [6.07, 6.45) is 2.44. The third kappa shape index (κ3) is 6.13. The van der Waals surface area contributed by atoms with Gasteiger partial charge in [-0.2, -0.15) is 0 Å². The largest absolute Gasteiger partial charge is 0.460 e. The number of hydrogen-bond donors (Lipinski definition) is 3. The number of ether oxygens (including phenoxy) is 1. The van der Waals surface area contributed by atoms with Crippen molar-refractivity contribution >= 4 is 29.3 Å². The number of anilines is 2. The summed E-state index contributed by atoms with van der Waals surface area (Å²) < 4.78 is 20.0. The van der Waals surface area contributed by atoms with Crippen LogP contribution in [-0.4, -0.2) is 58.2 Å². The van der Waals surface area contributed by atoms with Gasteiger partial charge in [0.25, 0.3) is 0 Å². The summed E-state index contributed by atoms with van der Waals surface area (Å²) in [5, 5.41) is 15.9. The number of aromatic nitrogens is 1. The second-order valence-corrected chi connectivity index (χ2v) is 9.15. The van der Waals surface area contributed by atoms with Crippen LogP contribution < -0.4 is 15.5 Å². The quantitative estimate of drug-likeness (QED) is 0.469. The number of hydrogen-bond acceptors (Lipinski definition) is 8. The lowest BCUT2D eigenvalue weighted by atomic mass is 9.88. The molecule has 9 nitrogen and oxygen atoms in total. The fourth-order valence-corrected chi connectivity index (χ4v) is 3.73. The van der Waals surface area contributed by atoms with Gasteiger partial charge in [-0.1, -0.05) is 0 Å². The Balaban J connectivity index is 1.57. The molecule has 3 N–H and O–H groups in total. The van der Waals surface area contributed by atoms with Crippen LogP contribution in [0, 0.1) is 5.82 Å². The fourth-order valence-electron chi connectivity index (χ4n) is 3.73. The van der Waals surface area contributed by atoms with Crippen molar-refractivity contribution in [3.05, 3.63) is 18.1 Å². The zero-order valence-corrected chi connectivity index (χ0v) is 18.0. The van der Waals surface area contributed by atoms with E-state index in [2.05, 4.69) is 15.6 Å². The molecule has 0 bridgehead atoms. The topological polar surface area (TPSA) is 121 Å². The molecule has 31 heavy (non-hydrogen) atoms. The maximum absolute atomic E-state index is 14.7. The Kier molecular flexibility index (Phi) is 6.49. The van der Waals surface area contributed by atoms with Crippen LogP contribution in [0.2, 0.25) is 0 Å². The second-order valence-electron chi connectivity index (χ2n) is 9.15. The number of amides is 2. The number of halogens is 1. The van der Waals surface area contributed by atoms with Crippen molar-refractivity contribution in [1.29, 1.82) is 0 Å². The summed E-state index contributed by atoms with van der Waals surface area (Å²) in [6.45, 7) is 5.98. The monoisotopic (exact) mass is 436 g/mol. The van der Waals surface area contributed by atoms with Gasteiger partial charge in [-0.3, -0.25) is 19.7 Å². The first-order valence-corrected chi connectivity index (χ1v) is 10.4. The summed E-state index contributed by atoms with van der Waals surface area (Å²) in [5.41, 5.74) is -1.47. The molecular weight excluding hydrogens is 407 g/mol. The predicted molar refractivity (Wildman–Crippen MR) is 111 cm³/mol.